The molecule has 8 heteroatoms. The molecule has 1 aromatic carbocycles. The number of halogens is 1. The van der Waals surface area contributed by atoms with Crippen LogP contribution in [0.2, 0.25) is 5.02 Å². The lowest BCUT2D eigenvalue weighted by Crippen LogP contribution is -2.41. The number of aliphatic hydroxyl groups excluding tert-OH is 1. The number of ether oxygens (including phenoxy) is 1. The summed E-state index contributed by atoms with van der Waals surface area (Å²) in [4.78, 5) is 0.0769. The van der Waals surface area contributed by atoms with Crippen molar-refractivity contribution in [2.45, 2.75) is 23.8 Å². The van der Waals surface area contributed by atoms with Crippen LogP contribution in [0.1, 0.15) is 12.8 Å². The highest BCUT2D eigenvalue weighted by atomic mass is 35.5. The van der Waals surface area contributed by atoms with E-state index in [4.69, 9.17) is 27.2 Å². The van der Waals surface area contributed by atoms with E-state index in [1.807, 2.05) is 0 Å². The number of piperidine rings is 1. The molecule has 0 aromatic heterocycles. The van der Waals surface area contributed by atoms with E-state index < -0.39 is 10.0 Å². The van der Waals surface area contributed by atoms with Gasteiger partial charge < -0.3 is 15.6 Å². The highest BCUT2D eigenvalue weighted by Crippen LogP contribution is 2.28. The zero-order valence-corrected chi connectivity index (χ0v) is 13.1. The summed E-state index contributed by atoms with van der Waals surface area (Å²) in [5.41, 5.74) is 6.01. The average Bonchev–Trinajstić information content (AvgIpc) is 2.45. The van der Waals surface area contributed by atoms with Crippen molar-refractivity contribution < 1.29 is 18.3 Å². The summed E-state index contributed by atoms with van der Waals surface area (Å²) in [6, 6.07) is 4.39. The van der Waals surface area contributed by atoms with Crippen molar-refractivity contribution in [1.29, 1.82) is 0 Å². The number of nitrogens with zero attached hydrogens (tertiary/aromatic N) is 1. The fourth-order valence-electron chi connectivity index (χ4n) is 2.32. The molecule has 0 aliphatic carbocycles. The molecule has 1 aromatic rings. The van der Waals surface area contributed by atoms with E-state index in [0.717, 1.165) is 0 Å². The summed E-state index contributed by atoms with van der Waals surface area (Å²) < 4.78 is 31.9. The van der Waals surface area contributed by atoms with E-state index >= 15 is 0 Å². The molecule has 0 atom stereocenters. The van der Waals surface area contributed by atoms with Crippen molar-refractivity contribution in [3.63, 3.8) is 0 Å². The third-order valence-corrected chi connectivity index (χ3v) is 5.80. The highest BCUT2D eigenvalue weighted by molar-refractivity contribution is 7.89. The molecule has 1 fully saturated rings. The Labute approximate surface area is 129 Å². The van der Waals surface area contributed by atoms with Gasteiger partial charge in [0.25, 0.3) is 0 Å². The van der Waals surface area contributed by atoms with Crippen molar-refractivity contribution >= 4 is 27.3 Å². The molecular weight excluding hydrogens is 316 g/mol. The quantitative estimate of drug-likeness (QED) is 0.786. The molecule has 1 aliphatic rings. The first-order chi connectivity index (χ1) is 9.95. The Bertz CT molecular complexity index is 586. The molecule has 1 heterocycles. The van der Waals surface area contributed by atoms with Crippen molar-refractivity contribution in [2.75, 3.05) is 32.0 Å². The predicted molar refractivity (Wildman–Crippen MR) is 80.7 cm³/mol. The lowest BCUT2D eigenvalue weighted by atomic mass is 10.1. The van der Waals surface area contributed by atoms with E-state index in [-0.39, 0.29) is 29.2 Å². The highest BCUT2D eigenvalue weighted by Gasteiger charge is 2.31. The van der Waals surface area contributed by atoms with Crippen LogP contribution in [0.15, 0.2) is 23.1 Å². The number of hydrogen-bond donors (Lipinski definition) is 2. The van der Waals surface area contributed by atoms with E-state index in [1.54, 1.807) is 0 Å². The molecule has 21 heavy (non-hydrogen) atoms. The van der Waals surface area contributed by atoms with Gasteiger partial charge in [0.15, 0.2) is 0 Å². The number of hydrogen-bond acceptors (Lipinski definition) is 5. The Morgan fingerprint density at radius 1 is 1.38 bits per heavy atom. The third kappa shape index (κ3) is 3.87. The number of nitrogens with two attached hydrogens (primary N) is 1. The normalized spacial score (nSPS) is 18.0. The Morgan fingerprint density at radius 3 is 2.62 bits per heavy atom. The topological polar surface area (TPSA) is 92.9 Å². The second-order valence-corrected chi connectivity index (χ2v) is 7.20. The largest absolute Gasteiger partial charge is 0.399 e. The molecule has 1 saturated heterocycles. The zero-order chi connectivity index (χ0) is 15.5. The molecule has 3 N–H and O–H groups in total. The van der Waals surface area contributed by atoms with Gasteiger partial charge in [0.05, 0.1) is 24.3 Å². The summed E-state index contributed by atoms with van der Waals surface area (Å²) in [7, 11) is -3.61. The predicted octanol–water partition coefficient (Wildman–Crippen LogP) is 1.08. The van der Waals surface area contributed by atoms with Gasteiger partial charge in [0, 0.05) is 18.8 Å². The molecule has 0 unspecified atom stereocenters. The zero-order valence-electron chi connectivity index (χ0n) is 11.5. The minimum atomic E-state index is -3.61. The fraction of sp³-hybridized carbons (Fsp3) is 0.538. The molecule has 2 rings (SSSR count). The number of benzene rings is 1. The van der Waals surface area contributed by atoms with Gasteiger partial charge in [-0.05, 0) is 31.0 Å². The summed E-state index contributed by atoms with van der Waals surface area (Å²) in [5.74, 6) is 0. The molecular formula is C13H19ClN2O4S. The number of anilines is 1. The first-order valence-corrected chi connectivity index (χ1v) is 8.54. The molecule has 0 bridgehead atoms. The second kappa shape index (κ2) is 6.93. The summed E-state index contributed by atoms with van der Waals surface area (Å²) in [6.07, 6.45) is 1.20. The summed E-state index contributed by atoms with van der Waals surface area (Å²) in [6.45, 7) is 0.999. The van der Waals surface area contributed by atoms with Crippen LogP contribution < -0.4 is 5.73 Å². The van der Waals surface area contributed by atoms with Crippen LogP contribution in [0, 0.1) is 0 Å². The molecule has 0 saturated carbocycles. The number of nitrogen functional groups attached to an aromatic ring is 1. The number of aliphatic hydroxyl groups is 1. The van der Waals surface area contributed by atoms with E-state index in [0.29, 0.717) is 31.6 Å². The Kier molecular flexibility index (Phi) is 5.45. The van der Waals surface area contributed by atoms with E-state index in [9.17, 15) is 8.42 Å². The van der Waals surface area contributed by atoms with Gasteiger partial charge in [-0.2, -0.15) is 4.31 Å². The molecule has 0 amide bonds. The maximum atomic E-state index is 12.6. The van der Waals surface area contributed by atoms with E-state index in [2.05, 4.69) is 0 Å². The standard InChI is InChI=1S/C13H19ClN2O4S/c14-12-9-10(15)1-2-13(12)21(18,19)16-5-3-11(4-6-16)20-8-7-17/h1-2,9,11,17H,3-8,15H2. The SMILES string of the molecule is Nc1ccc(S(=O)(=O)N2CCC(OCCO)CC2)c(Cl)c1. The third-order valence-electron chi connectivity index (χ3n) is 3.42. The Balaban J connectivity index is 2.08. The first kappa shape index (κ1) is 16.5. The number of sulfonamides is 1. The molecule has 118 valence electrons. The van der Waals surface area contributed by atoms with Crippen molar-refractivity contribution in [2.24, 2.45) is 0 Å². The number of rotatable bonds is 5. The second-order valence-electron chi connectivity index (χ2n) is 4.89. The molecule has 6 nitrogen and oxygen atoms in total. The first-order valence-electron chi connectivity index (χ1n) is 6.73. The lowest BCUT2D eigenvalue weighted by molar-refractivity contribution is 0.00318. The van der Waals surface area contributed by atoms with Gasteiger partial charge >= 0.3 is 0 Å². The van der Waals surface area contributed by atoms with Crippen LogP contribution >= 0.6 is 11.6 Å². The fourth-order valence-corrected chi connectivity index (χ4v) is 4.32. The van der Waals surface area contributed by atoms with Crippen LogP contribution in [0.25, 0.3) is 0 Å². The van der Waals surface area contributed by atoms with E-state index in [1.165, 1.54) is 22.5 Å². The van der Waals surface area contributed by atoms with Crippen molar-refractivity contribution in [1.82, 2.24) is 4.31 Å². The van der Waals surface area contributed by atoms with Gasteiger partial charge in [-0.3, -0.25) is 0 Å². The van der Waals surface area contributed by atoms with Crippen LogP contribution in [0.3, 0.4) is 0 Å². The van der Waals surface area contributed by atoms with Crippen molar-refractivity contribution in [3.8, 4) is 0 Å². The van der Waals surface area contributed by atoms with Gasteiger partial charge in [0.1, 0.15) is 4.90 Å². The van der Waals surface area contributed by atoms with Crippen molar-refractivity contribution in [3.05, 3.63) is 23.2 Å². The summed E-state index contributed by atoms with van der Waals surface area (Å²) in [5, 5.41) is 8.86. The van der Waals surface area contributed by atoms with Gasteiger partial charge in [-0.25, -0.2) is 8.42 Å². The average molecular weight is 335 g/mol. The minimum Gasteiger partial charge on any atom is -0.399 e. The molecule has 1 aliphatic heterocycles. The monoisotopic (exact) mass is 334 g/mol. The van der Waals surface area contributed by atoms with Crippen LogP contribution in [0.4, 0.5) is 5.69 Å². The Hall–Kier alpha value is -0.860. The van der Waals surface area contributed by atoms with Crippen LogP contribution in [-0.2, 0) is 14.8 Å². The smallest absolute Gasteiger partial charge is 0.244 e. The Morgan fingerprint density at radius 2 is 2.05 bits per heavy atom. The lowest BCUT2D eigenvalue weighted by Gasteiger charge is -2.31. The van der Waals surface area contributed by atoms with Crippen LogP contribution in [0.5, 0.6) is 0 Å². The van der Waals surface area contributed by atoms with Crippen LogP contribution in [-0.4, -0.2) is 50.2 Å². The minimum absolute atomic E-state index is 0.00881. The molecule has 0 spiro atoms. The summed E-state index contributed by atoms with van der Waals surface area (Å²) >= 11 is 5.99. The maximum Gasteiger partial charge on any atom is 0.244 e. The van der Waals surface area contributed by atoms with Gasteiger partial charge in [-0.15, -0.1) is 0 Å². The maximum absolute atomic E-state index is 12.6. The van der Waals surface area contributed by atoms with Gasteiger partial charge in [-0.1, -0.05) is 11.6 Å². The molecule has 0 radical (unpaired) electrons. The van der Waals surface area contributed by atoms with Gasteiger partial charge in [0.2, 0.25) is 10.0 Å².